The summed E-state index contributed by atoms with van der Waals surface area (Å²) in [6.07, 6.45) is 4.53. The van der Waals surface area contributed by atoms with Crippen LogP contribution in [0, 0.1) is 0 Å². The van der Waals surface area contributed by atoms with E-state index >= 15 is 0 Å². The maximum atomic E-state index is 12.3. The van der Waals surface area contributed by atoms with Gasteiger partial charge in [-0.15, -0.1) is 0 Å². The highest BCUT2D eigenvalue weighted by Crippen LogP contribution is 2.17. The van der Waals surface area contributed by atoms with Crippen molar-refractivity contribution in [2.24, 2.45) is 0 Å². The number of piperidine rings is 1. The standard InChI is InChI=1S/C17H27N3O3/c1-17(2,3)23-16(22)19-11-13-7-4-5-10-20(13)12-15(21)14-8-6-9-18-14/h6,8-9,13,18H,4-5,7,10-12H2,1-3H3,(H,19,22)/t13-/m1/s1. The summed E-state index contributed by atoms with van der Waals surface area (Å²) in [6.45, 7) is 7.29. The first-order valence-electron chi connectivity index (χ1n) is 8.22. The maximum Gasteiger partial charge on any atom is 0.407 e. The molecule has 0 aliphatic carbocycles. The second-order valence-corrected chi connectivity index (χ2v) is 7.01. The van der Waals surface area contributed by atoms with E-state index in [2.05, 4.69) is 15.2 Å². The molecule has 2 rings (SSSR count). The highest BCUT2D eigenvalue weighted by atomic mass is 16.6. The third kappa shape index (κ3) is 5.71. The molecular formula is C17H27N3O3. The number of rotatable bonds is 5. The van der Waals surface area contributed by atoms with E-state index in [-0.39, 0.29) is 11.8 Å². The normalized spacial score (nSPS) is 19.3. The third-order valence-corrected chi connectivity index (χ3v) is 3.88. The van der Waals surface area contributed by atoms with Crippen molar-refractivity contribution >= 4 is 11.9 Å². The van der Waals surface area contributed by atoms with Crippen LogP contribution in [0.25, 0.3) is 0 Å². The molecule has 6 heteroatoms. The number of amides is 1. The van der Waals surface area contributed by atoms with Crippen LogP contribution in [0.4, 0.5) is 4.79 Å². The predicted molar refractivity (Wildman–Crippen MR) is 88.6 cm³/mol. The molecule has 0 bridgehead atoms. The maximum absolute atomic E-state index is 12.3. The van der Waals surface area contributed by atoms with Gasteiger partial charge in [-0.2, -0.15) is 0 Å². The number of carbonyl (C=O) groups excluding carboxylic acids is 2. The van der Waals surface area contributed by atoms with Gasteiger partial charge in [-0.05, 0) is 52.3 Å². The molecule has 23 heavy (non-hydrogen) atoms. The van der Waals surface area contributed by atoms with Crippen LogP contribution in [0.1, 0.15) is 50.5 Å². The molecule has 0 spiro atoms. The van der Waals surface area contributed by atoms with Gasteiger partial charge >= 0.3 is 6.09 Å². The Balaban J connectivity index is 1.86. The molecular weight excluding hydrogens is 294 g/mol. The Hall–Kier alpha value is -1.82. The van der Waals surface area contributed by atoms with Crippen LogP contribution in [0.15, 0.2) is 18.3 Å². The molecule has 1 saturated heterocycles. The fraction of sp³-hybridized carbons (Fsp3) is 0.647. The molecule has 2 N–H and O–H groups in total. The Kier molecular flexibility index (Phi) is 5.82. The summed E-state index contributed by atoms with van der Waals surface area (Å²) in [5, 5.41) is 2.82. The van der Waals surface area contributed by atoms with Gasteiger partial charge in [0, 0.05) is 18.8 Å². The van der Waals surface area contributed by atoms with Crippen molar-refractivity contribution in [3.63, 3.8) is 0 Å². The number of alkyl carbamates (subject to hydrolysis) is 1. The lowest BCUT2D eigenvalue weighted by Crippen LogP contribution is -2.49. The second-order valence-electron chi connectivity index (χ2n) is 7.01. The Morgan fingerprint density at radius 2 is 2.17 bits per heavy atom. The molecule has 0 aromatic carbocycles. The van der Waals surface area contributed by atoms with Crippen molar-refractivity contribution in [2.45, 2.75) is 51.7 Å². The number of hydrogen-bond acceptors (Lipinski definition) is 4. The highest BCUT2D eigenvalue weighted by Gasteiger charge is 2.26. The number of carbonyl (C=O) groups is 2. The van der Waals surface area contributed by atoms with E-state index in [0.717, 1.165) is 25.8 Å². The molecule has 1 aromatic heterocycles. The Bertz CT molecular complexity index is 520. The van der Waals surface area contributed by atoms with Gasteiger partial charge in [0.15, 0.2) is 5.78 Å². The van der Waals surface area contributed by atoms with Crippen LogP contribution in [0.5, 0.6) is 0 Å². The van der Waals surface area contributed by atoms with E-state index in [9.17, 15) is 9.59 Å². The molecule has 1 aliphatic heterocycles. The van der Waals surface area contributed by atoms with Crippen LogP contribution >= 0.6 is 0 Å². The fourth-order valence-corrected chi connectivity index (χ4v) is 2.79. The molecule has 128 valence electrons. The quantitative estimate of drug-likeness (QED) is 0.818. The van der Waals surface area contributed by atoms with Gasteiger partial charge in [-0.1, -0.05) is 6.42 Å². The largest absolute Gasteiger partial charge is 0.444 e. The first-order valence-corrected chi connectivity index (χ1v) is 8.22. The van der Waals surface area contributed by atoms with Crippen LogP contribution in [0.2, 0.25) is 0 Å². The van der Waals surface area contributed by atoms with Gasteiger partial charge < -0.3 is 15.0 Å². The van der Waals surface area contributed by atoms with E-state index < -0.39 is 11.7 Å². The summed E-state index contributed by atoms with van der Waals surface area (Å²) < 4.78 is 5.26. The SMILES string of the molecule is CC(C)(C)OC(=O)NC[C@H]1CCCCN1CC(=O)c1ccc[nH]1. The monoisotopic (exact) mass is 321 g/mol. The molecule has 1 amide bonds. The highest BCUT2D eigenvalue weighted by molar-refractivity contribution is 5.95. The van der Waals surface area contributed by atoms with Crippen molar-refractivity contribution < 1.29 is 14.3 Å². The smallest absolute Gasteiger partial charge is 0.407 e. The van der Waals surface area contributed by atoms with Crippen LogP contribution in [-0.4, -0.2) is 53.0 Å². The lowest BCUT2D eigenvalue weighted by atomic mass is 10.0. The van der Waals surface area contributed by atoms with Crippen molar-refractivity contribution in [1.82, 2.24) is 15.2 Å². The van der Waals surface area contributed by atoms with E-state index in [1.807, 2.05) is 26.8 Å². The van der Waals surface area contributed by atoms with E-state index in [1.54, 1.807) is 12.3 Å². The molecule has 0 radical (unpaired) electrons. The Morgan fingerprint density at radius 3 is 2.83 bits per heavy atom. The van der Waals surface area contributed by atoms with Gasteiger partial charge in [-0.25, -0.2) is 4.79 Å². The zero-order valence-electron chi connectivity index (χ0n) is 14.2. The summed E-state index contributed by atoms with van der Waals surface area (Å²) >= 11 is 0. The minimum Gasteiger partial charge on any atom is -0.444 e. The lowest BCUT2D eigenvalue weighted by Gasteiger charge is -2.35. The van der Waals surface area contributed by atoms with E-state index in [4.69, 9.17) is 4.74 Å². The molecule has 1 fully saturated rings. The fourth-order valence-electron chi connectivity index (χ4n) is 2.79. The molecule has 2 heterocycles. The topological polar surface area (TPSA) is 74.4 Å². The number of Topliss-reactive ketones (excluding diaryl/α,β-unsaturated/α-hetero) is 1. The third-order valence-electron chi connectivity index (χ3n) is 3.88. The predicted octanol–water partition coefficient (Wildman–Crippen LogP) is 2.58. The first kappa shape index (κ1) is 17.5. The summed E-state index contributed by atoms with van der Waals surface area (Å²) in [6, 6.07) is 3.79. The summed E-state index contributed by atoms with van der Waals surface area (Å²) in [5.41, 5.74) is 0.134. The number of hydrogen-bond donors (Lipinski definition) is 2. The Morgan fingerprint density at radius 1 is 1.39 bits per heavy atom. The molecule has 6 nitrogen and oxygen atoms in total. The van der Waals surface area contributed by atoms with Crippen molar-refractivity contribution in [1.29, 1.82) is 0 Å². The number of likely N-dealkylation sites (tertiary alicyclic amines) is 1. The number of H-pyrrole nitrogens is 1. The summed E-state index contributed by atoms with van der Waals surface area (Å²) in [4.78, 5) is 29.2. The Labute approximate surface area is 137 Å². The molecule has 1 atom stereocenters. The number of aromatic nitrogens is 1. The molecule has 0 saturated carbocycles. The van der Waals surface area contributed by atoms with Crippen LogP contribution < -0.4 is 5.32 Å². The van der Waals surface area contributed by atoms with Crippen LogP contribution in [-0.2, 0) is 4.74 Å². The van der Waals surface area contributed by atoms with Crippen molar-refractivity contribution in [3.05, 3.63) is 24.0 Å². The number of nitrogens with zero attached hydrogens (tertiary/aromatic N) is 1. The van der Waals surface area contributed by atoms with Crippen LogP contribution in [0.3, 0.4) is 0 Å². The van der Waals surface area contributed by atoms with Gasteiger partial charge in [-0.3, -0.25) is 9.69 Å². The number of ether oxygens (including phenoxy) is 1. The summed E-state index contributed by atoms with van der Waals surface area (Å²) in [7, 11) is 0. The minimum atomic E-state index is -0.500. The number of aromatic amines is 1. The van der Waals surface area contributed by atoms with Gasteiger partial charge in [0.1, 0.15) is 5.60 Å². The minimum absolute atomic E-state index is 0.0826. The summed E-state index contributed by atoms with van der Waals surface area (Å²) in [5.74, 6) is 0.0826. The number of ketones is 1. The zero-order valence-corrected chi connectivity index (χ0v) is 14.2. The van der Waals surface area contributed by atoms with Gasteiger partial charge in [0.05, 0.1) is 12.2 Å². The second kappa shape index (κ2) is 7.64. The lowest BCUT2D eigenvalue weighted by molar-refractivity contribution is 0.0495. The molecule has 1 aliphatic rings. The average molecular weight is 321 g/mol. The van der Waals surface area contributed by atoms with E-state index in [0.29, 0.717) is 18.8 Å². The van der Waals surface area contributed by atoms with Crippen molar-refractivity contribution in [3.8, 4) is 0 Å². The zero-order chi connectivity index (χ0) is 16.9. The first-order chi connectivity index (χ1) is 10.8. The number of nitrogens with one attached hydrogen (secondary N) is 2. The molecule has 0 unspecified atom stereocenters. The van der Waals surface area contributed by atoms with Crippen molar-refractivity contribution in [2.75, 3.05) is 19.6 Å². The average Bonchev–Trinajstić information content (AvgIpc) is 2.99. The van der Waals surface area contributed by atoms with Gasteiger partial charge in [0.2, 0.25) is 0 Å². The van der Waals surface area contributed by atoms with E-state index in [1.165, 1.54) is 0 Å². The van der Waals surface area contributed by atoms with Gasteiger partial charge in [0.25, 0.3) is 0 Å². The molecule has 1 aromatic rings.